The van der Waals surface area contributed by atoms with E-state index in [-0.39, 0.29) is 0 Å². The van der Waals surface area contributed by atoms with Gasteiger partial charge in [0.15, 0.2) is 0 Å². The molecule has 19 heavy (non-hydrogen) atoms. The maximum Gasteiger partial charge on any atom is 0.144 e. The van der Waals surface area contributed by atoms with E-state index in [0.29, 0.717) is 11.7 Å². The summed E-state index contributed by atoms with van der Waals surface area (Å²) < 4.78 is 0. The molecule has 1 unspecified atom stereocenters. The number of nitrogens with zero attached hydrogens (tertiary/aromatic N) is 4. The number of aromatic nitrogens is 1. The van der Waals surface area contributed by atoms with E-state index in [1.165, 1.54) is 6.42 Å². The number of hydrogen-bond donors (Lipinski definition) is 0. The Morgan fingerprint density at radius 1 is 1.47 bits per heavy atom. The van der Waals surface area contributed by atoms with E-state index in [0.717, 1.165) is 38.2 Å². The predicted octanol–water partition coefficient (Wildman–Crippen LogP) is 1.87. The normalized spacial score (nSPS) is 21.8. The summed E-state index contributed by atoms with van der Waals surface area (Å²) in [5.41, 5.74) is 1.61. The van der Waals surface area contributed by atoms with Crippen LogP contribution in [0.4, 0.5) is 0 Å². The van der Waals surface area contributed by atoms with Crippen molar-refractivity contribution in [2.75, 3.05) is 26.7 Å². The van der Waals surface area contributed by atoms with Crippen LogP contribution < -0.4 is 0 Å². The maximum atomic E-state index is 9.13. The average Bonchev–Trinajstić information content (AvgIpc) is 2.61. The molecule has 0 aliphatic carbocycles. The molecule has 0 amide bonds. The molecule has 2 heterocycles. The molecule has 0 radical (unpaired) electrons. The lowest BCUT2D eigenvalue weighted by atomic mass is 10.1. The van der Waals surface area contributed by atoms with Gasteiger partial charge in [0.05, 0.1) is 0 Å². The van der Waals surface area contributed by atoms with Crippen LogP contribution in [-0.2, 0) is 6.54 Å². The smallest absolute Gasteiger partial charge is 0.144 e. The van der Waals surface area contributed by atoms with Crippen LogP contribution in [0.3, 0.4) is 0 Å². The number of nitriles is 1. The standard InChI is InChI=1S/C15H22N4/c1-3-14-12-18(2)8-5-9-19(14)11-13-6-4-7-17-15(13)10-16/h4,6-7,14H,3,5,8-9,11-12H2,1-2H3. The van der Waals surface area contributed by atoms with Crippen molar-refractivity contribution in [3.63, 3.8) is 0 Å². The Bertz CT molecular complexity index is 452. The Balaban J connectivity index is 2.14. The van der Waals surface area contributed by atoms with Gasteiger partial charge in [-0.05, 0) is 32.5 Å². The molecular formula is C15H22N4. The Kier molecular flexibility index (Phi) is 4.89. The lowest BCUT2D eigenvalue weighted by Gasteiger charge is -2.30. The molecule has 1 aromatic rings. The highest BCUT2D eigenvalue weighted by molar-refractivity contribution is 5.30. The fourth-order valence-corrected chi connectivity index (χ4v) is 2.77. The molecule has 1 aliphatic heterocycles. The molecule has 1 aliphatic rings. The van der Waals surface area contributed by atoms with Gasteiger partial charge in [-0.2, -0.15) is 5.26 Å². The van der Waals surface area contributed by atoms with E-state index in [1.54, 1.807) is 6.20 Å². The van der Waals surface area contributed by atoms with Crippen LogP contribution in [-0.4, -0.2) is 47.5 Å². The summed E-state index contributed by atoms with van der Waals surface area (Å²) in [6, 6.07) is 6.70. The zero-order valence-corrected chi connectivity index (χ0v) is 11.8. The molecule has 1 saturated heterocycles. The Labute approximate surface area is 115 Å². The second kappa shape index (κ2) is 6.65. The minimum atomic E-state index is 0.565. The van der Waals surface area contributed by atoms with Crippen LogP contribution in [0.1, 0.15) is 31.0 Å². The summed E-state index contributed by atoms with van der Waals surface area (Å²) >= 11 is 0. The van der Waals surface area contributed by atoms with Crippen molar-refractivity contribution in [3.05, 3.63) is 29.6 Å². The average molecular weight is 258 g/mol. The van der Waals surface area contributed by atoms with Crippen molar-refractivity contribution in [3.8, 4) is 6.07 Å². The van der Waals surface area contributed by atoms with Gasteiger partial charge in [0.1, 0.15) is 11.8 Å². The molecule has 0 spiro atoms. The van der Waals surface area contributed by atoms with Gasteiger partial charge in [0, 0.05) is 37.4 Å². The highest BCUT2D eigenvalue weighted by Gasteiger charge is 2.22. The Morgan fingerprint density at radius 3 is 3.05 bits per heavy atom. The zero-order chi connectivity index (χ0) is 13.7. The maximum absolute atomic E-state index is 9.13. The fraction of sp³-hybridized carbons (Fsp3) is 0.600. The summed E-state index contributed by atoms with van der Waals surface area (Å²) in [6.45, 7) is 6.45. The molecule has 4 heteroatoms. The summed E-state index contributed by atoms with van der Waals surface area (Å²) in [4.78, 5) is 9.06. The van der Waals surface area contributed by atoms with Gasteiger partial charge >= 0.3 is 0 Å². The van der Waals surface area contributed by atoms with Crippen LogP contribution in [0.5, 0.6) is 0 Å². The van der Waals surface area contributed by atoms with Gasteiger partial charge in [-0.25, -0.2) is 4.98 Å². The summed E-state index contributed by atoms with van der Waals surface area (Å²) in [6.07, 6.45) is 4.02. The van der Waals surface area contributed by atoms with Crippen molar-refractivity contribution in [1.29, 1.82) is 5.26 Å². The van der Waals surface area contributed by atoms with Crippen LogP contribution >= 0.6 is 0 Å². The molecule has 1 atom stereocenters. The second-order valence-electron chi connectivity index (χ2n) is 5.27. The van der Waals surface area contributed by atoms with Gasteiger partial charge in [-0.15, -0.1) is 0 Å². The third-order valence-corrected chi connectivity index (χ3v) is 3.87. The number of pyridine rings is 1. The molecule has 1 aromatic heterocycles. The van der Waals surface area contributed by atoms with E-state index in [1.807, 2.05) is 12.1 Å². The fourth-order valence-electron chi connectivity index (χ4n) is 2.77. The SMILES string of the molecule is CCC1CN(C)CCCN1Cc1cccnc1C#N. The Morgan fingerprint density at radius 2 is 2.32 bits per heavy atom. The van der Waals surface area contributed by atoms with Crippen LogP contribution in [0.2, 0.25) is 0 Å². The molecule has 0 N–H and O–H groups in total. The van der Waals surface area contributed by atoms with Crippen molar-refractivity contribution >= 4 is 0 Å². The second-order valence-corrected chi connectivity index (χ2v) is 5.27. The Hall–Kier alpha value is -1.44. The van der Waals surface area contributed by atoms with Crippen molar-refractivity contribution < 1.29 is 0 Å². The molecule has 0 bridgehead atoms. The van der Waals surface area contributed by atoms with Gasteiger partial charge in [0.25, 0.3) is 0 Å². The van der Waals surface area contributed by atoms with E-state index >= 15 is 0 Å². The minimum absolute atomic E-state index is 0.565. The lowest BCUT2D eigenvalue weighted by molar-refractivity contribution is 0.175. The van der Waals surface area contributed by atoms with Gasteiger partial charge in [0.2, 0.25) is 0 Å². The van der Waals surface area contributed by atoms with E-state index < -0.39 is 0 Å². The van der Waals surface area contributed by atoms with Gasteiger partial charge in [-0.1, -0.05) is 13.0 Å². The summed E-state index contributed by atoms with van der Waals surface area (Å²) in [7, 11) is 2.19. The van der Waals surface area contributed by atoms with E-state index in [2.05, 4.69) is 34.8 Å². The molecule has 0 saturated carbocycles. The first-order valence-corrected chi connectivity index (χ1v) is 7.01. The first kappa shape index (κ1) is 14.0. The third-order valence-electron chi connectivity index (χ3n) is 3.87. The third kappa shape index (κ3) is 3.52. The van der Waals surface area contributed by atoms with Crippen molar-refractivity contribution in [2.24, 2.45) is 0 Å². The largest absolute Gasteiger partial charge is 0.305 e. The monoisotopic (exact) mass is 258 g/mol. The quantitative estimate of drug-likeness (QED) is 0.830. The molecule has 0 aromatic carbocycles. The molecule has 4 nitrogen and oxygen atoms in total. The zero-order valence-electron chi connectivity index (χ0n) is 11.8. The molecule has 2 rings (SSSR count). The summed E-state index contributed by atoms with van der Waals surface area (Å²) in [5.74, 6) is 0. The summed E-state index contributed by atoms with van der Waals surface area (Å²) in [5, 5.41) is 9.13. The van der Waals surface area contributed by atoms with Crippen LogP contribution in [0.15, 0.2) is 18.3 Å². The first-order valence-electron chi connectivity index (χ1n) is 7.01. The van der Waals surface area contributed by atoms with E-state index in [9.17, 15) is 0 Å². The van der Waals surface area contributed by atoms with Crippen molar-refractivity contribution in [2.45, 2.75) is 32.4 Å². The highest BCUT2D eigenvalue weighted by atomic mass is 15.2. The van der Waals surface area contributed by atoms with E-state index in [4.69, 9.17) is 5.26 Å². The first-order chi connectivity index (χ1) is 9.24. The molecule has 102 valence electrons. The lowest BCUT2D eigenvalue weighted by Crippen LogP contribution is -2.39. The van der Waals surface area contributed by atoms with Gasteiger partial charge < -0.3 is 4.90 Å². The molecular weight excluding hydrogens is 236 g/mol. The van der Waals surface area contributed by atoms with Gasteiger partial charge in [-0.3, -0.25) is 4.90 Å². The number of hydrogen-bond acceptors (Lipinski definition) is 4. The van der Waals surface area contributed by atoms with Crippen LogP contribution in [0.25, 0.3) is 0 Å². The van der Waals surface area contributed by atoms with Crippen LogP contribution in [0, 0.1) is 11.3 Å². The van der Waals surface area contributed by atoms with Crippen molar-refractivity contribution in [1.82, 2.24) is 14.8 Å². The minimum Gasteiger partial charge on any atom is -0.305 e. The topological polar surface area (TPSA) is 43.2 Å². The predicted molar refractivity (Wildman–Crippen MR) is 75.6 cm³/mol. The number of likely N-dealkylation sites (N-methyl/N-ethyl adjacent to an activating group) is 1. The molecule has 1 fully saturated rings. The highest BCUT2D eigenvalue weighted by Crippen LogP contribution is 2.16. The number of rotatable bonds is 3.